The average molecular weight is 595 g/mol. The van der Waals surface area contributed by atoms with Crippen LogP contribution in [0.2, 0.25) is 5.02 Å². The number of amides is 3. The first kappa shape index (κ1) is 28.7. The molecule has 0 radical (unpaired) electrons. The summed E-state index contributed by atoms with van der Waals surface area (Å²) in [7, 11) is 0. The number of rotatable bonds is 9. The third-order valence-corrected chi connectivity index (χ3v) is 7.64. The molecule has 0 aliphatic heterocycles. The van der Waals surface area contributed by atoms with Gasteiger partial charge in [0.1, 0.15) is 5.70 Å². The van der Waals surface area contributed by atoms with Gasteiger partial charge in [-0.3, -0.25) is 14.4 Å². The molecule has 4 N–H and O–H groups in total. The van der Waals surface area contributed by atoms with Gasteiger partial charge in [0.15, 0.2) is 0 Å². The van der Waals surface area contributed by atoms with Gasteiger partial charge in [-0.05, 0) is 67.6 Å². The summed E-state index contributed by atoms with van der Waals surface area (Å²) in [6.07, 6.45) is 3.44. The standard InChI is InChI=1S/C33H27ClN4O3S/c1-21(31(39)36-25-12-7-11-24(34)18-25)42-27-14-8-13-26(19-27)37-33(41)30(38-32(40)22-9-3-2-4-10-22)17-23-20-35-29-16-6-5-15-28(23)29/h2-21,35H,1H3,(H,36,39)(H,37,41)(H,38,40)/b30-17-. The van der Waals surface area contributed by atoms with Gasteiger partial charge in [0.25, 0.3) is 11.8 Å². The minimum Gasteiger partial charge on any atom is -0.361 e. The number of aromatic nitrogens is 1. The Labute approximate surface area is 252 Å². The summed E-state index contributed by atoms with van der Waals surface area (Å²) in [5.74, 6) is -1.07. The van der Waals surface area contributed by atoms with Crippen LogP contribution in [0.4, 0.5) is 11.4 Å². The molecule has 1 unspecified atom stereocenters. The van der Waals surface area contributed by atoms with E-state index in [1.54, 1.807) is 85.9 Å². The smallest absolute Gasteiger partial charge is 0.272 e. The molecular formula is C33H27ClN4O3S. The van der Waals surface area contributed by atoms with Crippen molar-refractivity contribution in [1.29, 1.82) is 0 Å². The highest BCUT2D eigenvalue weighted by molar-refractivity contribution is 8.00. The molecular weight excluding hydrogens is 568 g/mol. The Balaban J connectivity index is 1.33. The van der Waals surface area contributed by atoms with Gasteiger partial charge < -0.3 is 20.9 Å². The molecule has 0 spiro atoms. The van der Waals surface area contributed by atoms with Gasteiger partial charge in [-0.2, -0.15) is 0 Å². The number of para-hydroxylation sites is 1. The average Bonchev–Trinajstić information content (AvgIpc) is 3.40. The lowest BCUT2D eigenvalue weighted by molar-refractivity contribution is -0.115. The number of carbonyl (C=O) groups excluding carboxylic acids is 3. The van der Waals surface area contributed by atoms with E-state index in [9.17, 15) is 14.4 Å². The molecule has 42 heavy (non-hydrogen) atoms. The van der Waals surface area contributed by atoms with E-state index in [1.165, 1.54) is 11.8 Å². The second-order valence-electron chi connectivity index (χ2n) is 9.41. The van der Waals surface area contributed by atoms with Crippen molar-refractivity contribution in [3.8, 4) is 0 Å². The number of halogens is 1. The van der Waals surface area contributed by atoms with E-state index < -0.39 is 17.1 Å². The van der Waals surface area contributed by atoms with Crippen LogP contribution in [0.3, 0.4) is 0 Å². The van der Waals surface area contributed by atoms with Crippen molar-refractivity contribution in [2.24, 2.45) is 0 Å². The first-order valence-corrected chi connectivity index (χ1v) is 14.4. The number of H-pyrrole nitrogens is 1. The van der Waals surface area contributed by atoms with Crippen LogP contribution in [0.1, 0.15) is 22.8 Å². The summed E-state index contributed by atoms with van der Waals surface area (Å²) >= 11 is 7.38. The van der Waals surface area contributed by atoms with E-state index in [4.69, 9.17) is 11.6 Å². The third kappa shape index (κ3) is 7.28. The molecule has 5 rings (SSSR count). The van der Waals surface area contributed by atoms with E-state index in [-0.39, 0.29) is 11.6 Å². The molecule has 0 fully saturated rings. The van der Waals surface area contributed by atoms with Crippen molar-refractivity contribution in [3.05, 3.63) is 131 Å². The molecule has 0 aliphatic carbocycles. The fraction of sp³-hybridized carbons (Fsp3) is 0.0606. The highest BCUT2D eigenvalue weighted by atomic mass is 35.5. The lowest BCUT2D eigenvalue weighted by atomic mass is 10.1. The molecule has 1 aromatic heterocycles. The molecule has 0 bridgehead atoms. The van der Waals surface area contributed by atoms with Crippen LogP contribution in [0, 0.1) is 0 Å². The van der Waals surface area contributed by atoms with Crippen LogP contribution in [0.5, 0.6) is 0 Å². The van der Waals surface area contributed by atoms with Gasteiger partial charge >= 0.3 is 0 Å². The molecule has 210 valence electrons. The van der Waals surface area contributed by atoms with Gasteiger partial charge in [0.05, 0.1) is 5.25 Å². The van der Waals surface area contributed by atoms with Crippen molar-refractivity contribution in [1.82, 2.24) is 10.3 Å². The van der Waals surface area contributed by atoms with E-state index in [0.717, 1.165) is 21.4 Å². The third-order valence-electron chi connectivity index (χ3n) is 6.32. The van der Waals surface area contributed by atoms with E-state index in [0.29, 0.717) is 22.0 Å². The van der Waals surface area contributed by atoms with E-state index in [1.807, 2.05) is 36.4 Å². The number of anilines is 2. The normalized spacial score (nSPS) is 12.0. The number of hydrogen-bond acceptors (Lipinski definition) is 4. The maximum atomic E-state index is 13.5. The fourth-order valence-electron chi connectivity index (χ4n) is 4.22. The number of thioether (sulfide) groups is 1. The molecule has 0 saturated carbocycles. The Bertz CT molecular complexity index is 1780. The van der Waals surface area contributed by atoms with Crippen LogP contribution in [-0.4, -0.2) is 28.0 Å². The predicted octanol–water partition coefficient (Wildman–Crippen LogP) is 7.35. The van der Waals surface area contributed by atoms with Crippen LogP contribution in [0.25, 0.3) is 17.0 Å². The zero-order valence-corrected chi connectivity index (χ0v) is 24.1. The lowest BCUT2D eigenvalue weighted by Crippen LogP contribution is -2.30. The molecule has 9 heteroatoms. The van der Waals surface area contributed by atoms with Crippen molar-refractivity contribution in [3.63, 3.8) is 0 Å². The molecule has 5 aromatic rings. The number of fused-ring (bicyclic) bond motifs is 1. The van der Waals surface area contributed by atoms with E-state index in [2.05, 4.69) is 20.9 Å². The maximum absolute atomic E-state index is 13.5. The fourth-order valence-corrected chi connectivity index (χ4v) is 5.34. The zero-order chi connectivity index (χ0) is 29.5. The summed E-state index contributed by atoms with van der Waals surface area (Å²) in [6, 6.07) is 30.6. The molecule has 0 aliphatic rings. The Kier molecular flexibility index (Phi) is 9.06. The molecule has 4 aromatic carbocycles. The quantitative estimate of drug-likeness (QED) is 0.106. The molecule has 1 heterocycles. The van der Waals surface area contributed by atoms with Crippen LogP contribution >= 0.6 is 23.4 Å². The summed E-state index contributed by atoms with van der Waals surface area (Å²) in [5, 5.41) is 9.56. The van der Waals surface area contributed by atoms with Crippen LogP contribution in [0.15, 0.2) is 120 Å². The van der Waals surface area contributed by atoms with Gasteiger partial charge in [0, 0.05) is 49.5 Å². The number of benzene rings is 4. The zero-order valence-electron chi connectivity index (χ0n) is 22.6. The lowest BCUT2D eigenvalue weighted by Gasteiger charge is -2.14. The van der Waals surface area contributed by atoms with Gasteiger partial charge in [0.2, 0.25) is 5.91 Å². The Morgan fingerprint density at radius 3 is 2.33 bits per heavy atom. The SMILES string of the molecule is CC(Sc1cccc(NC(=O)/C(=C/c2c[nH]c3ccccc23)NC(=O)c2ccccc2)c1)C(=O)Nc1cccc(Cl)c1. The highest BCUT2D eigenvalue weighted by Gasteiger charge is 2.18. The topological polar surface area (TPSA) is 103 Å². The monoisotopic (exact) mass is 594 g/mol. The van der Waals surface area contributed by atoms with Gasteiger partial charge in [-0.15, -0.1) is 11.8 Å². The maximum Gasteiger partial charge on any atom is 0.272 e. The Morgan fingerprint density at radius 2 is 1.55 bits per heavy atom. The first-order valence-electron chi connectivity index (χ1n) is 13.1. The largest absolute Gasteiger partial charge is 0.361 e. The van der Waals surface area contributed by atoms with Crippen molar-refractivity contribution >= 4 is 69.4 Å². The summed E-state index contributed by atoms with van der Waals surface area (Å²) in [5.41, 5.74) is 3.32. The highest BCUT2D eigenvalue weighted by Crippen LogP contribution is 2.27. The minimum atomic E-state index is -0.488. The number of aromatic amines is 1. The number of nitrogens with one attached hydrogen (secondary N) is 4. The Morgan fingerprint density at radius 1 is 0.833 bits per heavy atom. The van der Waals surface area contributed by atoms with Crippen molar-refractivity contribution in [2.45, 2.75) is 17.1 Å². The molecule has 7 nitrogen and oxygen atoms in total. The molecule has 1 atom stereocenters. The number of hydrogen-bond donors (Lipinski definition) is 4. The molecule has 3 amide bonds. The van der Waals surface area contributed by atoms with Crippen LogP contribution in [-0.2, 0) is 9.59 Å². The second kappa shape index (κ2) is 13.2. The Hall–Kier alpha value is -4.79. The van der Waals surface area contributed by atoms with Gasteiger partial charge in [-0.1, -0.05) is 60.1 Å². The first-order chi connectivity index (χ1) is 20.4. The number of carbonyl (C=O) groups is 3. The second-order valence-corrected chi connectivity index (χ2v) is 11.3. The summed E-state index contributed by atoms with van der Waals surface area (Å²) in [4.78, 5) is 43.3. The van der Waals surface area contributed by atoms with Crippen LogP contribution < -0.4 is 16.0 Å². The van der Waals surface area contributed by atoms with Gasteiger partial charge in [-0.25, -0.2) is 0 Å². The van der Waals surface area contributed by atoms with Crippen molar-refractivity contribution in [2.75, 3.05) is 10.6 Å². The van der Waals surface area contributed by atoms with E-state index >= 15 is 0 Å². The minimum absolute atomic E-state index is 0.0842. The molecule has 0 saturated heterocycles. The summed E-state index contributed by atoms with van der Waals surface area (Å²) in [6.45, 7) is 1.80. The van der Waals surface area contributed by atoms with Crippen molar-refractivity contribution < 1.29 is 14.4 Å². The predicted molar refractivity (Wildman–Crippen MR) is 171 cm³/mol. The summed E-state index contributed by atoms with van der Waals surface area (Å²) < 4.78 is 0.